The Kier molecular flexibility index (Phi) is 4.47. The van der Waals surface area contributed by atoms with Crippen molar-refractivity contribution in [3.63, 3.8) is 0 Å². The molecule has 0 unspecified atom stereocenters. The third kappa shape index (κ3) is 3.42. The number of hydrogen-bond acceptors (Lipinski definition) is 4. The Morgan fingerprint density at radius 1 is 1.25 bits per heavy atom. The first-order valence-electron chi connectivity index (χ1n) is 5.71. The second-order valence-electron chi connectivity index (χ2n) is 3.89. The number of rotatable bonds is 3. The van der Waals surface area contributed by atoms with Crippen molar-refractivity contribution in [2.24, 2.45) is 0 Å². The number of halogens is 1. The highest BCUT2D eigenvalue weighted by molar-refractivity contribution is 9.10. The summed E-state index contributed by atoms with van der Waals surface area (Å²) in [5.74, 6) is -0.803. The fraction of sp³-hybridized carbons (Fsp3) is 0.0714. The van der Waals surface area contributed by atoms with Crippen LogP contribution in [0.4, 0.5) is 5.69 Å². The van der Waals surface area contributed by atoms with Crippen molar-refractivity contribution in [3.8, 4) is 0 Å². The fourth-order valence-electron chi connectivity index (χ4n) is 1.55. The van der Waals surface area contributed by atoms with Crippen molar-refractivity contribution in [1.82, 2.24) is 4.98 Å². The molecule has 0 radical (unpaired) electrons. The lowest BCUT2D eigenvalue weighted by molar-refractivity contribution is 0.0600. The van der Waals surface area contributed by atoms with E-state index in [4.69, 9.17) is 0 Å². The molecule has 0 aliphatic heterocycles. The fourth-order valence-corrected chi connectivity index (χ4v) is 1.78. The summed E-state index contributed by atoms with van der Waals surface area (Å²) in [4.78, 5) is 27.4. The minimum Gasteiger partial charge on any atom is -0.465 e. The maximum absolute atomic E-state index is 12.0. The van der Waals surface area contributed by atoms with Crippen LogP contribution in [0.25, 0.3) is 0 Å². The third-order valence-electron chi connectivity index (χ3n) is 2.50. The van der Waals surface area contributed by atoms with Crippen molar-refractivity contribution >= 4 is 33.5 Å². The predicted octanol–water partition coefficient (Wildman–Crippen LogP) is 2.88. The molecule has 0 spiro atoms. The second kappa shape index (κ2) is 6.29. The molecule has 2 aromatic rings. The van der Waals surface area contributed by atoms with Crippen LogP contribution in [0.15, 0.2) is 47.1 Å². The Morgan fingerprint density at radius 3 is 2.70 bits per heavy atom. The van der Waals surface area contributed by atoms with Crippen LogP contribution in [-0.4, -0.2) is 24.0 Å². The number of hydrogen-bond donors (Lipinski definition) is 1. The van der Waals surface area contributed by atoms with Crippen molar-refractivity contribution in [3.05, 3.63) is 58.3 Å². The summed E-state index contributed by atoms with van der Waals surface area (Å²) in [7, 11) is 1.30. The Morgan fingerprint density at radius 2 is 2.05 bits per heavy atom. The van der Waals surface area contributed by atoms with Gasteiger partial charge in [-0.25, -0.2) is 9.78 Å². The maximum Gasteiger partial charge on any atom is 0.337 e. The van der Waals surface area contributed by atoms with E-state index in [9.17, 15) is 9.59 Å². The van der Waals surface area contributed by atoms with Crippen LogP contribution in [0.5, 0.6) is 0 Å². The number of carbonyl (C=O) groups excluding carboxylic acids is 2. The van der Waals surface area contributed by atoms with Gasteiger partial charge in [0.1, 0.15) is 5.69 Å². The molecule has 2 rings (SSSR count). The molecule has 1 N–H and O–H groups in total. The highest BCUT2D eigenvalue weighted by Crippen LogP contribution is 2.13. The number of nitrogens with zero attached hydrogens (tertiary/aromatic N) is 1. The van der Waals surface area contributed by atoms with Crippen LogP contribution < -0.4 is 5.32 Å². The number of pyridine rings is 1. The van der Waals surface area contributed by atoms with Crippen LogP contribution in [0, 0.1) is 0 Å². The maximum atomic E-state index is 12.0. The van der Waals surface area contributed by atoms with Crippen molar-refractivity contribution in [1.29, 1.82) is 0 Å². The summed E-state index contributed by atoms with van der Waals surface area (Å²) in [6.07, 6.45) is 1.54. The molecule has 6 heteroatoms. The number of nitrogens with one attached hydrogen (secondary N) is 1. The average molecular weight is 335 g/mol. The van der Waals surface area contributed by atoms with Gasteiger partial charge in [0.2, 0.25) is 0 Å². The van der Waals surface area contributed by atoms with Crippen molar-refractivity contribution < 1.29 is 14.3 Å². The first-order valence-corrected chi connectivity index (χ1v) is 6.51. The van der Waals surface area contributed by atoms with Crippen LogP contribution in [-0.2, 0) is 4.74 Å². The first kappa shape index (κ1) is 14.2. The summed E-state index contributed by atoms with van der Waals surface area (Å²) in [5.41, 5.74) is 1.16. The molecule has 1 heterocycles. The largest absolute Gasteiger partial charge is 0.465 e. The standard InChI is InChI=1S/C14H11BrN2O3/c1-20-14(19)9-3-2-4-11(7-9)17-13(18)12-6-5-10(15)8-16-12/h2-8H,1H3,(H,17,18). The number of ether oxygens (including phenoxy) is 1. The Hall–Kier alpha value is -2.21. The molecule has 0 saturated carbocycles. The van der Waals surface area contributed by atoms with E-state index >= 15 is 0 Å². The van der Waals surface area contributed by atoms with Gasteiger partial charge in [-0.3, -0.25) is 4.79 Å². The smallest absolute Gasteiger partial charge is 0.337 e. The van der Waals surface area contributed by atoms with Gasteiger partial charge in [-0.15, -0.1) is 0 Å². The number of anilines is 1. The summed E-state index contributed by atoms with van der Waals surface area (Å²) in [6, 6.07) is 9.83. The Bertz CT molecular complexity index is 641. The van der Waals surface area contributed by atoms with Crippen LogP contribution in [0.1, 0.15) is 20.8 Å². The van der Waals surface area contributed by atoms with E-state index < -0.39 is 5.97 Å². The molecule has 0 aliphatic carbocycles. The predicted molar refractivity (Wildman–Crippen MR) is 77.7 cm³/mol. The van der Waals surface area contributed by atoms with E-state index in [1.54, 1.807) is 42.6 Å². The molecule has 5 nitrogen and oxygen atoms in total. The highest BCUT2D eigenvalue weighted by atomic mass is 79.9. The molecule has 0 saturated heterocycles. The van der Waals surface area contributed by atoms with Gasteiger partial charge < -0.3 is 10.1 Å². The normalized spacial score (nSPS) is 9.90. The quantitative estimate of drug-likeness (QED) is 0.876. The van der Waals surface area contributed by atoms with Gasteiger partial charge in [-0.1, -0.05) is 6.07 Å². The molecule has 20 heavy (non-hydrogen) atoms. The lowest BCUT2D eigenvalue weighted by atomic mass is 10.2. The second-order valence-corrected chi connectivity index (χ2v) is 4.80. The average Bonchev–Trinajstić information content (AvgIpc) is 2.47. The summed E-state index contributed by atoms with van der Waals surface area (Å²) in [6.45, 7) is 0. The first-order chi connectivity index (χ1) is 9.60. The molecule has 102 valence electrons. The van der Waals surface area contributed by atoms with E-state index in [1.807, 2.05) is 0 Å². The number of aromatic nitrogens is 1. The number of amides is 1. The third-order valence-corrected chi connectivity index (χ3v) is 2.97. The number of methoxy groups -OCH3 is 1. The van der Waals surface area contributed by atoms with Gasteiger partial charge in [0.05, 0.1) is 12.7 Å². The monoisotopic (exact) mass is 334 g/mol. The van der Waals surface area contributed by atoms with Gasteiger partial charge in [0.25, 0.3) is 5.91 Å². The topological polar surface area (TPSA) is 68.3 Å². The van der Waals surface area contributed by atoms with E-state index in [-0.39, 0.29) is 11.6 Å². The van der Waals surface area contributed by atoms with E-state index in [0.717, 1.165) is 4.47 Å². The van der Waals surface area contributed by atoms with Gasteiger partial charge in [0.15, 0.2) is 0 Å². The molecular weight excluding hydrogens is 324 g/mol. The van der Waals surface area contributed by atoms with Crippen molar-refractivity contribution in [2.75, 3.05) is 12.4 Å². The molecule has 0 aliphatic rings. The molecule has 1 aromatic carbocycles. The zero-order valence-electron chi connectivity index (χ0n) is 10.6. The zero-order valence-corrected chi connectivity index (χ0v) is 12.2. The summed E-state index contributed by atoms with van der Waals surface area (Å²) < 4.78 is 5.42. The minimum atomic E-state index is -0.456. The Balaban J connectivity index is 2.15. The van der Waals surface area contributed by atoms with E-state index in [2.05, 4.69) is 31.0 Å². The van der Waals surface area contributed by atoms with Crippen LogP contribution in [0.2, 0.25) is 0 Å². The van der Waals surface area contributed by atoms with Crippen LogP contribution in [0.3, 0.4) is 0 Å². The number of esters is 1. The molecule has 0 fully saturated rings. The van der Waals surface area contributed by atoms with Crippen LogP contribution >= 0.6 is 15.9 Å². The lowest BCUT2D eigenvalue weighted by Gasteiger charge is -2.06. The molecular formula is C14H11BrN2O3. The number of benzene rings is 1. The van der Waals surface area contributed by atoms with E-state index in [1.165, 1.54) is 7.11 Å². The molecule has 1 amide bonds. The van der Waals surface area contributed by atoms with Gasteiger partial charge in [-0.05, 0) is 46.3 Å². The molecule has 0 bridgehead atoms. The van der Waals surface area contributed by atoms with Crippen molar-refractivity contribution in [2.45, 2.75) is 0 Å². The number of carbonyl (C=O) groups is 2. The summed E-state index contributed by atoms with van der Waals surface area (Å²) in [5, 5.41) is 2.67. The molecule has 1 aromatic heterocycles. The lowest BCUT2D eigenvalue weighted by Crippen LogP contribution is -2.14. The molecule has 0 atom stereocenters. The SMILES string of the molecule is COC(=O)c1cccc(NC(=O)c2ccc(Br)cn2)c1. The highest BCUT2D eigenvalue weighted by Gasteiger charge is 2.10. The van der Waals surface area contributed by atoms with E-state index in [0.29, 0.717) is 11.3 Å². The zero-order chi connectivity index (χ0) is 14.5. The van der Waals surface area contributed by atoms with Gasteiger partial charge in [0, 0.05) is 16.4 Å². The minimum absolute atomic E-state index is 0.289. The summed E-state index contributed by atoms with van der Waals surface area (Å²) >= 11 is 3.25. The Labute approximate surface area is 124 Å². The van der Waals surface area contributed by atoms with Gasteiger partial charge in [-0.2, -0.15) is 0 Å². The van der Waals surface area contributed by atoms with Gasteiger partial charge >= 0.3 is 5.97 Å².